The first kappa shape index (κ1) is 24.1. The molecule has 4 rings (SSSR count). The second-order valence-corrected chi connectivity index (χ2v) is 9.92. The van der Waals surface area contributed by atoms with E-state index < -0.39 is 17.9 Å². The van der Waals surface area contributed by atoms with Crippen LogP contribution in [0.25, 0.3) is 0 Å². The van der Waals surface area contributed by atoms with Crippen LogP contribution in [0.1, 0.15) is 98.8 Å². The van der Waals surface area contributed by atoms with E-state index in [0.717, 1.165) is 23.5 Å². The molecule has 1 fully saturated rings. The minimum atomic E-state index is -4.89. The van der Waals surface area contributed by atoms with E-state index in [1.165, 1.54) is 74.6 Å². The third-order valence-electron chi connectivity index (χ3n) is 7.65. The lowest BCUT2D eigenvalue weighted by Gasteiger charge is -2.29. The molecule has 0 aliphatic heterocycles. The molecule has 0 aromatic heterocycles. The molecular weight excluding hydrogens is 428 g/mol. The average molecular weight is 463 g/mol. The van der Waals surface area contributed by atoms with Gasteiger partial charge in [-0.3, -0.25) is 0 Å². The second-order valence-electron chi connectivity index (χ2n) is 9.92. The molecule has 2 aliphatic rings. The summed E-state index contributed by atoms with van der Waals surface area (Å²) in [6.45, 7) is 2.26. The predicted molar refractivity (Wildman–Crippen MR) is 123 cm³/mol. The first-order valence-corrected chi connectivity index (χ1v) is 12.5. The Hall–Kier alpha value is -2.04. The highest BCUT2D eigenvalue weighted by Crippen LogP contribution is 2.40. The third-order valence-corrected chi connectivity index (χ3v) is 7.65. The van der Waals surface area contributed by atoms with Crippen LogP contribution in [-0.2, 0) is 12.8 Å². The van der Waals surface area contributed by atoms with Crippen molar-refractivity contribution in [2.24, 2.45) is 5.92 Å². The second kappa shape index (κ2) is 10.5. The van der Waals surface area contributed by atoms with Gasteiger partial charge >= 0.3 is 6.36 Å². The van der Waals surface area contributed by atoms with Gasteiger partial charge in [0, 0.05) is 0 Å². The SMILES string of the molecule is CCCCCC1CCC(c2ccc(C3CCc4cc(OC(F)(F)F)c(F)cc4C3)cc2)CC1. The summed E-state index contributed by atoms with van der Waals surface area (Å²) in [5.41, 5.74) is 4.18. The summed E-state index contributed by atoms with van der Waals surface area (Å²) in [6, 6.07) is 11.4. The van der Waals surface area contributed by atoms with Crippen molar-refractivity contribution in [3.63, 3.8) is 0 Å². The molecule has 2 aliphatic carbocycles. The maximum atomic E-state index is 14.2. The summed E-state index contributed by atoms with van der Waals surface area (Å²) >= 11 is 0. The van der Waals surface area contributed by atoms with Gasteiger partial charge in [0.1, 0.15) is 0 Å². The van der Waals surface area contributed by atoms with E-state index in [2.05, 4.69) is 35.9 Å². The maximum absolute atomic E-state index is 14.2. The molecule has 0 bridgehead atoms. The number of aryl methyl sites for hydroxylation is 1. The number of alkyl halides is 3. The highest BCUT2D eigenvalue weighted by atomic mass is 19.4. The molecule has 2 aromatic carbocycles. The van der Waals surface area contributed by atoms with Gasteiger partial charge in [0.05, 0.1) is 0 Å². The molecule has 1 nitrogen and oxygen atoms in total. The van der Waals surface area contributed by atoms with Gasteiger partial charge in [-0.2, -0.15) is 0 Å². The fourth-order valence-electron chi connectivity index (χ4n) is 5.75. The smallest absolute Gasteiger partial charge is 0.403 e. The van der Waals surface area contributed by atoms with E-state index in [9.17, 15) is 17.6 Å². The standard InChI is InChI=1S/C28H34F4O/c1-2-3-4-5-19-6-8-20(9-7-19)21-10-12-22(13-11-21)23-14-15-24-18-27(33-28(30,31)32)26(29)17-25(24)16-23/h10-13,17-20,23H,2-9,14-16H2,1H3. The zero-order valence-corrected chi connectivity index (χ0v) is 19.4. The van der Waals surface area contributed by atoms with E-state index >= 15 is 0 Å². The molecule has 0 N–H and O–H groups in total. The summed E-state index contributed by atoms with van der Waals surface area (Å²) in [5, 5.41) is 0. The lowest BCUT2D eigenvalue weighted by atomic mass is 9.76. The van der Waals surface area contributed by atoms with Crippen molar-refractivity contribution in [2.45, 2.75) is 95.8 Å². The van der Waals surface area contributed by atoms with Gasteiger partial charge in [-0.05, 0) is 97.1 Å². The van der Waals surface area contributed by atoms with Crippen LogP contribution in [0.2, 0.25) is 0 Å². The lowest BCUT2D eigenvalue weighted by molar-refractivity contribution is -0.275. The highest BCUT2D eigenvalue weighted by molar-refractivity contribution is 5.41. The molecule has 0 radical (unpaired) electrons. The van der Waals surface area contributed by atoms with Gasteiger partial charge in [0.15, 0.2) is 11.6 Å². The first-order chi connectivity index (χ1) is 15.8. The number of unbranched alkanes of at least 4 members (excludes halogenated alkanes) is 2. The van der Waals surface area contributed by atoms with Gasteiger partial charge in [-0.15, -0.1) is 13.2 Å². The fourth-order valence-corrected chi connectivity index (χ4v) is 5.75. The Morgan fingerprint density at radius 1 is 0.848 bits per heavy atom. The van der Waals surface area contributed by atoms with Crippen LogP contribution in [0.5, 0.6) is 5.75 Å². The fraction of sp³-hybridized carbons (Fsp3) is 0.571. The zero-order chi connectivity index (χ0) is 23.4. The Labute approximate surface area is 194 Å². The maximum Gasteiger partial charge on any atom is 0.573 e. The summed E-state index contributed by atoms with van der Waals surface area (Å²) < 4.78 is 55.5. The highest BCUT2D eigenvalue weighted by Gasteiger charge is 2.33. The number of halogens is 4. The van der Waals surface area contributed by atoms with E-state index in [4.69, 9.17) is 0 Å². The quantitative estimate of drug-likeness (QED) is 0.295. The van der Waals surface area contributed by atoms with Gasteiger partial charge in [-0.1, -0.05) is 56.9 Å². The number of benzene rings is 2. The Morgan fingerprint density at radius 2 is 1.52 bits per heavy atom. The van der Waals surface area contributed by atoms with Crippen LogP contribution in [0.15, 0.2) is 36.4 Å². The number of hydrogen-bond acceptors (Lipinski definition) is 1. The van der Waals surface area contributed by atoms with E-state index in [0.29, 0.717) is 18.8 Å². The van der Waals surface area contributed by atoms with E-state index in [1.807, 2.05) is 0 Å². The van der Waals surface area contributed by atoms with Crippen molar-refractivity contribution in [2.75, 3.05) is 0 Å². The number of ether oxygens (including phenoxy) is 1. The van der Waals surface area contributed by atoms with Crippen LogP contribution in [-0.4, -0.2) is 6.36 Å². The summed E-state index contributed by atoms with van der Waals surface area (Å²) in [7, 11) is 0. The zero-order valence-electron chi connectivity index (χ0n) is 19.4. The van der Waals surface area contributed by atoms with Crippen molar-refractivity contribution in [1.82, 2.24) is 0 Å². The summed E-state index contributed by atoms with van der Waals surface area (Å²) in [4.78, 5) is 0. The van der Waals surface area contributed by atoms with Crippen molar-refractivity contribution in [3.8, 4) is 5.75 Å². The van der Waals surface area contributed by atoms with Crippen LogP contribution in [0.3, 0.4) is 0 Å². The number of fused-ring (bicyclic) bond motifs is 1. The minimum Gasteiger partial charge on any atom is -0.403 e. The van der Waals surface area contributed by atoms with Crippen molar-refractivity contribution >= 4 is 0 Å². The average Bonchev–Trinajstić information content (AvgIpc) is 2.79. The molecule has 1 unspecified atom stereocenters. The van der Waals surface area contributed by atoms with Crippen molar-refractivity contribution in [1.29, 1.82) is 0 Å². The molecule has 1 atom stereocenters. The van der Waals surface area contributed by atoms with Crippen LogP contribution in [0.4, 0.5) is 17.6 Å². The summed E-state index contributed by atoms with van der Waals surface area (Å²) in [6.07, 6.45) is 7.82. The Morgan fingerprint density at radius 3 is 2.15 bits per heavy atom. The van der Waals surface area contributed by atoms with E-state index in [1.54, 1.807) is 0 Å². The Kier molecular flexibility index (Phi) is 7.65. The van der Waals surface area contributed by atoms with Gasteiger partial charge in [0.25, 0.3) is 0 Å². The topological polar surface area (TPSA) is 9.23 Å². The van der Waals surface area contributed by atoms with Gasteiger partial charge in [-0.25, -0.2) is 4.39 Å². The molecule has 180 valence electrons. The molecule has 0 amide bonds. The first-order valence-electron chi connectivity index (χ1n) is 12.5. The molecule has 0 heterocycles. The Bertz CT molecular complexity index is 911. The molecule has 1 saturated carbocycles. The molecule has 2 aromatic rings. The minimum absolute atomic E-state index is 0.259. The van der Waals surface area contributed by atoms with Crippen LogP contribution in [0, 0.1) is 11.7 Å². The van der Waals surface area contributed by atoms with Crippen molar-refractivity contribution < 1.29 is 22.3 Å². The largest absolute Gasteiger partial charge is 0.573 e. The summed E-state index contributed by atoms with van der Waals surface area (Å²) in [5.74, 6) is 0.123. The van der Waals surface area contributed by atoms with Gasteiger partial charge < -0.3 is 4.74 Å². The van der Waals surface area contributed by atoms with Crippen LogP contribution >= 0.6 is 0 Å². The lowest BCUT2D eigenvalue weighted by Crippen LogP contribution is -2.19. The third kappa shape index (κ3) is 6.30. The Balaban J connectivity index is 1.35. The molecule has 5 heteroatoms. The molecule has 0 saturated heterocycles. The van der Waals surface area contributed by atoms with Crippen LogP contribution < -0.4 is 4.74 Å². The monoisotopic (exact) mass is 462 g/mol. The van der Waals surface area contributed by atoms with Crippen molar-refractivity contribution in [3.05, 3.63) is 64.5 Å². The van der Waals surface area contributed by atoms with Gasteiger partial charge in [0.2, 0.25) is 0 Å². The number of hydrogen-bond donors (Lipinski definition) is 0. The number of rotatable bonds is 7. The normalized spacial score (nSPS) is 23.2. The molecule has 0 spiro atoms. The predicted octanol–water partition coefficient (Wildman–Crippen LogP) is 8.85. The van der Waals surface area contributed by atoms with E-state index in [-0.39, 0.29) is 5.92 Å². The molecular formula is C28H34F4O. The molecule has 33 heavy (non-hydrogen) atoms.